The largest absolute Gasteiger partial charge is 0.330 e. The van der Waals surface area contributed by atoms with Crippen molar-refractivity contribution < 1.29 is 9.59 Å². The van der Waals surface area contributed by atoms with Crippen molar-refractivity contribution >= 4 is 23.7 Å². The summed E-state index contributed by atoms with van der Waals surface area (Å²) in [6, 6.07) is 4.92. The fraction of sp³-hybridized carbons (Fsp3) is 0.250. The second-order valence-corrected chi connectivity index (χ2v) is 5.16. The van der Waals surface area contributed by atoms with Crippen LogP contribution in [-0.4, -0.2) is 33.1 Å². The number of carbonyl (C=O) groups is 2. The highest BCUT2D eigenvalue weighted by Gasteiger charge is 2.42. The predicted molar refractivity (Wildman–Crippen MR) is 67.6 cm³/mol. The lowest BCUT2D eigenvalue weighted by Crippen LogP contribution is -2.59. The summed E-state index contributed by atoms with van der Waals surface area (Å²) in [4.78, 5) is 29.4. The van der Waals surface area contributed by atoms with Gasteiger partial charge in [0, 0.05) is 6.20 Å². The topological polar surface area (TPSA) is 62.3 Å². The SMILES string of the molecule is O=C1NC2C=CSC2C(=O)N1Cc1ccccn1. The first-order valence-corrected chi connectivity index (χ1v) is 6.54. The second kappa shape index (κ2) is 4.45. The standard InChI is InChI=1S/C12H11N3O2S/c16-11-10-9(4-6-18-10)14-12(17)15(11)7-8-3-1-2-5-13-8/h1-6,9-10H,7H2,(H,14,17). The normalized spacial score (nSPS) is 26.1. The van der Waals surface area contributed by atoms with Gasteiger partial charge in [0.2, 0.25) is 5.91 Å². The number of aromatic nitrogens is 1. The van der Waals surface area contributed by atoms with Gasteiger partial charge in [-0.15, -0.1) is 11.8 Å². The van der Waals surface area contributed by atoms with Crippen molar-refractivity contribution in [2.45, 2.75) is 17.8 Å². The smallest absolute Gasteiger partial charge is 0.325 e. The predicted octanol–water partition coefficient (Wildman–Crippen LogP) is 1.13. The van der Waals surface area contributed by atoms with Crippen molar-refractivity contribution in [2.75, 3.05) is 0 Å². The lowest BCUT2D eigenvalue weighted by molar-refractivity contribution is -0.129. The van der Waals surface area contributed by atoms with Crippen molar-refractivity contribution in [1.82, 2.24) is 15.2 Å². The third kappa shape index (κ3) is 1.88. The van der Waals surface area contributed by atoms with Crippen LogP contribution in [0.4, 0.5) is 4.79 Å². The highest BCUT2D eigenvalue weighted by Crippen LogP contribution is 2.29. The Bertz CT molecular complexity index is 517. The molecule has 3 heterocycles. The van der Waals surface area contributed by atoms with Crippen LogP contribution in [0.5, 0.6) is 0 Å². The van der Waals surface area contributed by atoms with Crippen LogP contribution in [0.1, 0.15) is 5.69 Å². The molecule has 2 aliphatic heterocycles. The number of thioether (sulfide) groups is 1. The van der Waals surface area contributed by atoms with Gasteiger partial charge < -0.3 is 5.32 Å². The number of pyridine rings is 1. The molecule has 0 aliphatic carbocycles. The Hall–Kier alpha value is -1.82. The Kier molecular flexibility index (Phi) is 2.79. The molecule has 1 aromatic heterocycles. The molecule has 2 atom stereocenters. The molecule has 1 aromatic rings. The van der Waals surface area contributed by atoms with Crippen LogP contribution in [0.2, 0.25) is 0 Å². The molecule has 0 spiro atoms. The zero-order valence-electron chi connectivity index (χ0n) is 9.45. The fourth-order valence-corrected chi connectivity index (χ4v) is 3.01. The van der Waals surface area contributed by atoms with Crippen LogP contribution in [0.15, 0.2) is 35.9 Å². The molecule has 6 heteroatoms. The van der Waals surface area contributed by atoms with E-state index in [1.54, 1.807) is 18.3 Å². The van der Waals surface area contributed by atoms with Crippen LogP contribution in [0.25, 0.3) is 0 Å². The lowest BCUT2D eigenvalue weighted by Gasteiger charge is -2.32. The summed E-state index contributed by atoms with van der Waals surface area (Å²) in [5.41, 5.74) is 0.704. The maximum Gasteiger partial charge on any atom is 0.325 e. The van der Waals surface area contributed by atoms with Crippen LogP contribution in [-0.2, 0) is 11.3 Å². The highest BCUT2D eigenvalue weighted by molar-refractivity contribution is 8.03. The Morgan fingerprint density at radius 1 is 1.39 bits per heavy atom. The number of urea groups is 1. The molecule has 3 amide bonds. The first-order valence-electron chi connectivity index (χ1n) is 5.59. The summed E-state index contributed by atoms with van der Waals surface area (Å²) in [5.74, 6) is -0.149. The van der Waals surface area contributed by atoms with E-state index >= 15 is 0 Å². The highest BCUT2D eigenvalue weighted by atomic mass is 32.2. The number of amides is 3. The number of rotatable bonds is 2. The molecular formula is C12H11N3O2S. The molecule has 1 N–H and O–H groups in total. The van der Waals surface area contributed by atoms with Crippen LogP contribution < -0.4 is 5.32 Å². The summed E-state index contributed by atoms with van der Waals surface area (Å²) in [7, 11) is 0. The minimum absolute atomic E-state index is 0.149. The summed E-state index contributed by atoms with van der Waals surface area (Å²) in [6.07, 6.45) is 3.50. The van der Waals surface area contributed by atoms with Crippen molar-refractivity contribution in [3.05, 3.63) is 41.6 Å². The summed E-state index contributed by atoms with van der Waals surface area (Å²) in [5, 5.41) is 4.44. The molecule has 1 saturated heterocycles. The van der Waals surface area contributed by atoms with E-state index in [4.69, 9.17) is 0 Å². The van der Waals surface area contributed by atoms with Gasteiger partial charge in [-0.05, 0) is 17.5 Å². The van der Waals surface area contributed by atoms with Crippen molar-refractivity contribution in [1.29, 1.82) is 0 Å². The van der Waals surface area contributed by atoms with E-state index in [1.807, 2.05) is 17.6 Å². The van der Waals surface area contributed by atoms with Gasteiger partial charge in [0.25, 0.3) is 0 Å². The van der Waals surface area contributed by atoms with E-state index in [0.29, 0.717) is 5.69 Å². The van der Waals surface area contributed by atoms with Gasteiger partial charge in [-0.1, -0.05) is 12.1 Å². The first kappa shape index (κ1) is 11.3. The van der Waals surface area contributed by atoms with Crippen LogP contribution >= 0.6 is 11.8 Å². The molecule has 18 heavy (non-hydrogen) atoms. The number of hydrogen-bond donors (Lipinski definition) is 1. The second-order valence-electron chi connectivity index (χ2n) is 4.11. The zero-order chi connectivity index (χ0) is 12.5. The fourth-order valence-electron chi connectivity index (χ4n) is 2.01. The summed E-state index contributed by atoms with van der Waals surface area (Å²) in [6.45, 7) is 0.218. The lowest BCUT2D eigenvalue weighted by atomic mass is 10.1. The molecular weight excluding hydrogens is 250 g/mol. The maximum absolute atomic E-state index is 12.2. The molecule has 2 aliphatic rings. The maximum atomic E-state index is 12.2. The molecule has 92 valence electrons. The van der Waals surface area contributed by atoms with Crippen molar-refractivity contribution in [2.24, 2.45) is 0 Å². The number of imide groups is 1. The minimum atomic E-state index is -0.348. The molecule has 0 aromatic carbocycles. The Balaban J connectivity index is 1.80. The average molecular weight is 261 g/mol. The van der Waals surface area contributed by atoms with E-state index < -0.39 is 0 Å². The van der Waals surface area contributed by atoms with E-state index in [-0.39, 0.29) is 29.8 Å². The van der Waals surface area contributed by atoms with Gasteiger partial charge in [0.1, 0.15) is 5.25 Å². The molecule has 2 unspecified atom stereocenters. The Morgan fingerprint density at radius 3 is 3.06 bits per heavy atom. The number of nitrogens with zero attached hydrogens (tertiary/aromatic N) is 2. The van der Waals surface area contributed by atoms with Gasteiger partial charge in [-0.25, -0.2) is 4.79 Å². The summed E-state index contributed by atoms with van der Waals surface area (Å²) >= 11 is 1.44. The third-order valence-electron chi connectivity index (χ3n) is 2.93. The van der Waals surface area contributed by atoms with Gasteiger partial charge >= 0.3 is 6.03 Å². The third-order valence-corrected chi connectivity index (χ3v) is 4.03. The molecule has 0 bridgehead atoms. The van der Waals surface area contributed by atoms with Crippen molar-refractivity contribution in [3.63, 3.8) is 0 Å². The van der Waals surface area contributed by atoms with E-state index in [1.165, 1.54) is 16.7 Å². The van der Waals surface area contributed by atoms with Gasteiger partial charge in [-0.3, -0.25) is 14.7 Å². The number of carbonyl (C=O) groups excluding carboxylic acids is 2. The number of hydrogen-bond acceptors (Lipinski definition) is 4. The van der Waals surface area contributed by atoms with E-state index in [0.717, 1.165) is 0 Å². The van der Waals surface area contributed by atoms with Gasteiger partial charge in [0.05, 0.1) is 18.3 Å². The number of nitrogens with one attached hydrogen (secondary N) is 1. The zero-order valence-corrected chi connectivity index (χ0v) is 10.3. The molecule has 3 rings (SSSR count). The Morgan fingerprint density at radius 2 is 2.28 bits per heavy atom. The molecule has 0 radical (unpaired) electrons. The van der Waals surface area contributed by atoms with Crippen molar-refractivity contribution in [3.8, 4) is 0 Å². The Labute approximate surface area is 108 Å². The van der Waals surface area contributed by atoms with Crippen LogP contribution in [0.3, 0.4) is 0 Å². The molecule has 1 fully saturated rings. The minimum Gasteiger partial charge on any atom is -0.330 e. The number of fused-ring (bicyclic) bond motifs is 1. The monoisotopic (exact) mass is 261 g/mol. The molecule has 0 saturated carbocycles. The average Bonchev–Trinajstić information content (AvgIpc) is 2.84. The quantitative estimate of drug-likeness (QED) is 0.867. The van der Waals surface area contributed by atoms with E-state index in [9.17, 15) is 9.59 Å². The van der Waals surface area contributed by atoms with E-state index in [2.05, 4.69) is 10.3 Å². The first-order chi connectivity index (χ1) is 8.75. The molecule has 5 nitrogen and oxygen atoms in total. The summed E-state index contributed by atoms with van der Waals surface area (Å²) < 4.78 is 0. The van der Waals surface area contributed by atoms with Crippen LogP contribution in [0, 0.1) is 0 Å². The van der Waals surface area contributed by atoms with Gasteiger partial charge in [-0.2, -0.15) is 0 Å². The van der Waals surface area contributed by atoms with Gasteiger partial charge in [0.15, 0.2) is 0 Å².